The molecule has 0 fully saturated rings. The van der Waals surface area contributed by atoms with Gasteiger partial charge in [0.2, 0.25) is 0 Å². The fourth-order valence-corrected chi connectivity index (χ4v) is 2.99. The lowest BCUT2D eigenvalue weighted by molar-refractivity contribution is -0.696. The number of rotatable bonds is 4. The Hall–Kier alpha value is -1.61. The van der Waals surface area contributed by atoms with Gasteiger partial charge >= 0.3 is 0 Å². The maximum absolute atomic E-state index is 3.29. The minimum atomic E-state index is 1.02. The number of thiazole rings is 1. The zero-order valence-corrected chi connectivity index (χ0v) is 11.9. The van der Waals surface area contributed by atoms with Gasteiger partial charge in [-0.15, -0.1) is 0 Å². The molecule has 3 heteroatoms. The third-order valence-corrected chi connectivity index (χ3v) is 4.17. The van der Waals surface area contributed by atoms with Crippen molar-refractivity contribution in [2.75, 3.05) is 5.32 Å². The van der Waals surface area contributed by atoms with Crippen molar-refractivity contribution in [3.05, 3.63) is 52.1 Å². The van der Waals surface area contributed by atoms with Gasteiger partial charge in [0.1, 0.15) is 6.54 Å². The molecule has 2 aromatic rings. The summed E-state index contributed by atoms with van der Waals surface area (Å²) in [7, 11) is 0. The average Bonchev–Trinajstić information content (AvgIpc) is 2.66. The van der Waals surface area contributed by atoms with Crippen LogP contribution in [0.2, 0.25) is 0 Å². The second-order valence-corrected chi connectivity index (χ2v) is 5.40. The molecule has 0 amide bonds. The molecule has 0 spiro atoms. The van der Waals surface area contributed by atoms with Crippen LogP contribution >= 0.6 is 11.3 Å². The molecule has 2 nitrogen and oxygen atoms in total. The van der Waals surface area contributed by atoms with E-state index in [9.17, 15) is 0 Å². The Morgan fingerprint density at radius 3 is 2.61 bits per heavy atom. The number of benzene rings is 1. The minimum absolute atomic E-state index is 1.02. The van der Waals surface area contributed by atoms with Gasteiger partial charge in [-0.25, -0.2) is 0 Å². The van der Waals surface area contributed by atoms with Crippen molar-refractivity contribution in [1.82, 2.24) is 0 Å². The van der Waals surface area contributed by atoms with E-state index < -0.39 is 0 Å². The van der Waals surface area contributed by atoms with Crippen LogP contribution in [0.15, 0.2) is 36.5 Å². The summed E-state index contributed by atoms with van der Waals surface area (Å²) in [4.78, 5) is 1.39. The number of anilines is 1. The lowest BCUT2D eigenvalue weighted by Crippen LogP contribution is -2.36. The summed E-state index contributed by atoms with van der Waals surface area (Å²) in [6.45, 7) is 7.55. The Labute approximate surface area is 113 Å². The van der Waals surface area contributed by atoms with Crippen LogP contribution in [0, 0.1) is 13.8 Å². The van der Waals surface area contributed by atoms with E-state index in [1.807, 2.05) is 35.7 Å². The number of nitrogens with one attached hydrogen (secondary N) is 1. The Morgan fingerprint density at radius 2 is 1.94 bits per heavy atom. The maximum atomic E-state index is 3.29. The van der Waals surface area contributed by atoms with E-state index in [0.717, 1.165) is 12.2 Å². The Kier molecular flexibility index (Phi) is 4.15. The SMILES string of the molecule is CC[n+]1c(/C=C/Nc2ccccc2)sc(C)c1C. The summed E-state index contributed by atoms with van der Waals surface area (Å²) in [5, 5.41) is 4.57. The number of aryl methyl sites for hydroxylation is 1. The molecular weight excluding hydrogens is 240 g/mol. The van der Waals surface area contributed by atoms with Gasteiger partial charge in [-0.05, 0) is 26.0 Å². The quantitative estimate of drug-likeness (QED) is 0.827. The number of hydrogen-bond donors (Lipinski definition) is 1. The molecule has 2 rings (SSSR count). The fourth-order valence-electron chi connectivity index (χ4n) is 1.90. The highest BCUT2D eigenvalue weighted by molar-refractivity contribution is 7.12. The van der Waals surface area contributed by atoms with Gasteiger partial charge in [-0.2, -0.15) is 4.57 Å². The van der Waals surface area contributed by atoms with Crippen molar-refractivity contribution in [2.45, 2.75) is 27.3 Å². The highest BCUT2D eigenvalue weighted by atomic mass is 32.1. The van der Waals surface area contributed by atoms with Crippen LogP contribution in [-0.2, 0) is 6.54 Å². The molecule has 1 heterocycles. The van der Waals surface area contributed by atoms with Crippen LogP contribution < -0.4 is 9.88 Å². The Balaban J connectivity index is 2.12. The van der Waals surface area contributed by atoms with Gasteiger partial charge in [0.05, 0.1) is 4.88 Å². The summed E-state index contributed by atoms with van der Waals surface area (Å²) < 4.78 is 2.34. The molecule has 0 saturated heterocycles. The first-order valence-electron chi connectivity index (χ1n) is 6.20. The van der Waals surface area contributed by atoms with E-state index in [1.165, 1.54) is 15.6 Å². The standard InChI is InChI=1S/C15H18N2S/c1-4-17-12(2)13(3)18-15(17)10-11-16-14-8-6-5-7-9-14/h5-11H,4H2,1-3H3/p+1. The van der Waals surface area contributed by atoms with Crippen LogP contribution in [0.25, 0.3) is 6.08 Å². The van der Waals surface area contributed by atoms with Crippen LogP contribution in [0.1, 0.15) is 22.5 Å². The van der Waals surface area contributed by atoms with E-state index in [4.69, 9.17) is 0 Å². The van der Waals surface area contributed by atoms with Gasteiger partial charge in [0.25, 0.3) is 5.01 Å². The van der Waals surface area contributed by atoms with Crippen molar-refractivity contribution >= 4 is 23.1 Å². The topological polar surface area (TPSA) is 15.9 Å². The van der Waals surface area contributed by atoms with E-state index in [1.54, 1.807) is 0 Å². The third kappa shape index (κ3) is 2.79. The highest BCUT2D eigenvalue weighted by Gasteiger charge is 2.16. The first kappa shape index (κ1) is 12.8. The minimum Gasteiger partial charge on any atom is -0.361 e. The van der Waals surface area contributed by atoms with Crippen molar-refractivity contribution in [1.29, 1.82) is 0 Å². The molecule has 0 aliphatic carbocycles. The van der Waals surface area contributed by atoms with E-state index >= 15 is 0 Å². The van der Waals surface area contributed by atoms with Crippen molar-refractivity contribution in [3.8, 4) is 0 Å². The maximum Gasteiger partial charge on any atom is 0.263 e. The zero-order chi connectivity index (χ0) is 13.0. The van der Waals surface area contributed by atoms with E-state index in [-0.39, 0.29) is 0 Å². The van der Waals surface area contributed by atoms with Crippen LogP contribution in [0.3, 0.4) is 0 Å². The van der Waals surface area contributed by atoms with Gasteiger partial charge in [0.15, 0.2) is 5.69 Å². The zero-order valence-electron chi connectivity index (χ0n) is 11.1. The molecule has 1 aromatic carbocycles. The molecule has 0 radical (unpaired) electrons. The molecule has 94 valence electrons. The molecule has 1 aromatic heterocycles. The first-order chi connectivity index (χ1) is 8.72. The van der Waals surface area contributed by atoms with Crippen molar-refractivity contribution in [2.24, 2.45) is 0 Å². The Morgan fingerprint density at radius 1 is 1.22 bits per heavy atom. The number of nitrogens with zero attached hydrogens (tertiary/aromatic N) is 1. The monoisotopic (exact) mass is 259 g/mol. The molecule has 0 unspecified atom stereocenters. The average molecular weight is 259 g/mol. The Bertz CT molecular complexity index is 541. The predicted octanol–water partition coefficient (Wildman–Crippen LogP) is 3.76. The van der Waals surface area contributed by atoms with Crippen molar-refractivity contribution < 1.29 is 4.57 Å². The smallest absolute Gasteiger partial charge is 0.263 e. The van der Waals surface area contributed by atoms with Gasteiger partial charge in [-0.3, -0.25) is 0 Å². The summed E-state index contributed by atoms with van der Waals surface area (Å²) in [6.07, 6.45) is 4.15. The molecule has 1 N–H and O–H groups in total. The van der Waals surface area contributed by atoms with Gasteiger partial charge in [-0.1, -0.05) is 29.5 Å². The van der Waals surface area contributed by atoms with E-state index in [2.05, 4.69) is 48.9 Å². The lowest BCUT2D eigenvalue weighted by atomic mass is 10.3. The molecule has 0 aliphatic rings. The van der Waals surface area contributed by atoms with Gasteiger partial charge < -0.3 is 5.32 Å². The summed E-state index contributed by atoms with van der Waals surface area (Å²) >= 11 is 1.84. The second-order valence-electron chi connectivity index (χ2n) is 4.17. The predicted molar refractivity (Wildman–Crippen MR) is 78.8 cm³/mol. The fraction of sp³-hybridized carbons (Fsp3) is 0.267. The summed E-state index contributed by atoms with van der Waals surface area (Å²) in [6, 6.07) is 10.2. The lowest BCUT2D eigenvalue weighted by Gasteiger charge is -1.97. The second kappa shape index (κ2) is 5.83. The van der Waals surface area contributed by atoms with Crippen molar-refractivity contribution in [3.63, 3.8) is 0 Å². The number of hydrogen-bond acceptors (Lipinski definition) is 2. The third-order valence-electron chi connectivity index (χ3n) is 3.00. The molecule has 0 bridgehead atoms. The largest absolute Gasteiger partial charge is 0.361 e. The highest BCUT2D eigenvalue weighted by Crippen LogP contribution is 2.16. The summed E-state index contributed by atoms with van der Waals surface area (Å²) in [5.41, 5.74) is 2.48. The normalized spacial score (nSPS) is 11.1. The van der Waals surface area contributed by atoms with Gasteiger partial charge in [0, 0.05) is 24.9 Å². The molecule has 0 aliphatic heterocycles. The first-order valence-corrected chi connectivity index (χ1v) is 7.02. The number of aromatic nitrogens is 1. The molecule has 0 saturated carbocycles. The molecular formula is C15H19N2S+. The molecule has 0 atom stereocenters. The molecule has 18 heavy (non-hydrogen) atoms. The van der Waals surface area contributed by atoms with Crippen LogP contribution in [-0.4, -0.2) is 0 Å². The van der Waals surface area contributed by atoms with Crippen LogP contribution in [0.4, 0.5) is 5.69 Å². The van der Waals surface area contributed by atoms with Crippen LogP contribution in [0.5, 0.6) is 0 Å². The number of para-hydroxylation sites is 1. The van der Waals surface area contributed by atoms with E-state index in [0.29, 0.717) is 0 Å². The summed E-state index contributed by atoms with van der Waals surface area (Å²) in [5.74, 6) is 0.